The van der Waals surface area contributed by atoms with E-state index in [1.54, 1.807) is 6.07 Å². The molecule has 0 heterocycles. The van der Waals surface area contributed by atoms with Crippen molar-refractivity contribution in [1.29, 1.82) is 0 Å². The highest BCUT2D eigenvalue weighted by Gasteiger charge is 2.31. The Balaban J connectivity index is 1.97. The maximum atomic E-state index is 13.7. The Morgan fingerprint density at radius 2 is 1.95 bits per heavy atom. The first-order valence-electron chi connectivity index (χ1n) is 7.40. The van der Waals surface area contributed by atoms with Gasteiger partial charge in [-0.3, -0.25) is 0 Å². The summed E-state index contributed by atoms with van der Waals surface area (Å²) in [6.07, 6.45) is 4.89. The van der Waals surface area contributed by atoms with Crippen LogP contribution in [0.25, 0.3) is 0 Å². The van der Waals surface area contributed by atoms with Gasteiger partial charge >= 0.3 is 0 Å². The van der Waals surface area contributed by atoms with Crippen LogP contribution in [0.15, 0.2) is 42.5 Å². The molecule has 1 unspecified atom stereocenters. The maximum Gasteiger partial charge on any atom is 0.142 e. The average molecular weight is 304 g/mol. The highest BCUT2D eigenvalue weighted by atomic mass is 35.5. The molecule has 21 heavy (non-hydrogen) atoms. The van der Waals surface area contributed by atoms with Gasteiger partial charge in [0.25, 0.3) is 0 Å². The second-order valence-corrected chi connectivity index (χ2v) is 6.35. The van der Waals surface area contributed by atoms with E-state index in [-0.39, 0.29) is 10.8 Å². The van der Waals surface area contributed by atoms with Crippen molar-refractivity contribution >= 4 is 11.6 Å². The molecule has 2 aromatic rings. The van der Waals surface area contributed by atoms with Crippen LogP contribution in [0.3, 0.4) is 0 Å². The van der Waals surface area contributed by atoms with Gasteiger partial charge in [-0.15, -0.1) is 0 Å². The third kappa shape index (κ3) is 2.97. The highest BCUT2D eigenvalue weighted by molar-refractivity contribution is 6.30. The van der Waals surface area contributed by atoms with E-state index in [2.05, 4.69) is 18.2 Å². The van der Waals surface area contributed by atoms with Crippen LogP contribution in [0.2, 0.25) is 5.02 Å². The van der Waals surface area contributed by atoms with Crippen LogP contribution < -0.4 is 5.73 Å². The summed E-state index contributed by atoms with van der Waals surface area (Å²) < 4.78 is 13.7. The predicted octanol–water partition coefficient (Wildman–Crippen LogP) is 4.60. The summed E-state index contributed by atoms with van der Waals surface area (Å²) in [5.74, 6) is -0.375. The van der Waals surface area contributed by atoms with Crippen LogP contribution in [0.1, 0.15) is 36.0 Å². The molecule has 0 saturated heterocycles. The molecule has 1 nitrogen and oxygen atoms in total. The number of fused-ring (bicyclic) bond motifs is 1. The Hall–Kier alpha value is -1.38. The third-order valence-electron chi connectivity index (χ3n) is 4.38. The first-order chi connectivity index (χ1) is 10.1. The number of aryl methyl sites for hydroxylation is 1. The van der Waals surface area contributed by atoms with E-state index in [4.69, 9.17) is 17.3 Å². The molecule has 0 aliphatic heterocycles. The molecular weight excluding hydrogens is 285 g/mol. The first-order valence-corrected chi connectivity index (χ1v) is 7.77. The van der Waals surface area contributed by atoms with Crippen LogP contribution >= 0.6 is 11.6 Å². The maximum absolute atomic E-state index is 13.7. The molecule has 1 atom stereocenters. The standard InChI is InChI=1S/C18H19ClFN/c19-16-9-8-13(11-17(16)20)12-18(21)10-4-3-6-14-5-1-2-7-15(14)18/h1-2,5,7-9,11H,3-4,6,10,12,21H2. The Bertz CT molecular complexity index is 655. The van der Waals surface area contributed by atoms with E-state index in [0.717, 1.165) is 31.2 Å². The topological polar surface area (TPSA) is 26.0 Å². The molecule has 2 aromatic carbocycles. The van der Waals surface area contributed by atoms with E-state index in [1.165, 1.54) is 17.2 Å². The molecule has 1 aliphatic rings. The molecular formula is C18H19ClFN. The summed E-state index contributed by atoms with van der Waals surface area (Å²) >= 11 is 5.76. The number of rotatable bonds is 2. The first kappa shape index (κ1) is 14.6. The Labute approximate surface area is 129 Å². The zero-order valence-corrected chi connectivity index (χ0v) is 12.7. The summed E-state index contributed by atoms with van der Waals surface area (Å²) in [6, 6.07) is 13.4. The fourth-order valence-electron chi connectivity index (χ4n) is 3.31. The van der Waals surface area contributed by atoms with Crippen LogP contribution in [0, 0.1) is 5.82 Å². The molecule has 3 heteroatoms. The lowest BCUT2D eigenvalue weighted by Gasteiger charge is -2.30. The predicted molar refractivity (Wildman–Crippen MR) is 85.0 cm³/mol. The van der Waals surface area contributed by atoms with Gasteiger partial charge in [0.2, 0.25) is 0 Å². The van der Waals surface area contributed by atoms with Crippen LogP contribution in [0.5, 0.6) is 0 Å². The monoisotopic (exact) mass is 303 g/mol. The lowest BCUT2D eigenvalue weighted by molar-refractivity contribution is 0.398. The van der Waals surface area contributed by atoms with E-state index in [9.17, 15) is 4.39 Å². The molecule has 0 spiro atoms. The van der Waals surface area contributed by atoms with E-state index < -0.39 is 5.54 Å². The Morgan fingerprint density at radius 1 is 1.14 bits per heavy atom. The van der Waals surface area contributed by atoms with Crippen LogP contribution in [0.4, 0.5) is 4.39 Å². The normalized spacial score (nSPS) is 21.7. The van der Waals surface area contributed by atoms with Gasteiger partial charge in [-0.05, 0) is 54.5 Å². The highest BCUT2D eigenvalue weighted by Crippen LogP contribution is 2.35. The number of halogens is 2. The number of nitrogens with two attached hydrogens (primary N) is 1. The minimum Gasteiger partial charge on any atom is -0.321 e. The smallest absolute Gasteiger partial charge is 0.142 e. The summed E-state index contributed by atoms with van der Waals surface area (Å²) in [5, 5.41) is 0.158. The van der Waals surface area contributed by atoms with Gasteiger partial charge in [0.15, 0.2) is 0 Å². The van der Waals surface area contributed by atoms with Crippen LogP contribution in [-0.4, -0.2) is 0 Å². The molecule has 0 amide bonds. The Kier molecular flexibility index (Phi) is 4.01. The summed E-state index contributed by atoms with van der Waals surface area (Å²) in [4.78, 5) is 0. The molecule has 0 aromatic heterocycles. The molecule has 0 saturated carbocycles. The van der Waals surface area contributed by atoms with Gasteiger partial charge in [-0.1, -0.05) is 48.4 Å². The Morgan fingerprint density at radius 3 is 2.76 bits per heavy atom. The lowest BCUT2D eigenvalue weighted by atomic mass is 9.80. The molecule has 0 fully saturated rings. The molecule has 1 aliphatic carbocycles. The second kappa shape index (κ2) is 5.78. The summed E-state index contributed by atoms with van der Waals surface area (Å²) in [5.41, 5.74) is 9.74. The number of benzene rings is 2. The molecule has 110 valence electrons. The molecule has 0 radical (unpaired) electrons. The average Bonchev–Trinajstić information content (AvgIpc) is 2.63. The van der Waals surface area contributed by atoms with Crippen LogP contribution in [-0.2, 0) is 18.4 Å². The van der Waals surface area contributed by atoms with E-state index in [0.29, 0.717) is 6.42 Å². The van der Waals surface area contributed by atoms with Gasteiger partial charge in [-0.25, -0.2) is 4.39 Å². The van der Waals surface area contributed by atoms with Crippen molar-refractivity contribution < 1.29 is 4.39 Å². The minimum atomic E-state index is -0.423. The molecule has 2 N–H and O–H groups in total. The van der Waals surface area contributed by atoms with Gasteiger partial charge in [-0.2, -0.15) is 0 Å². The van der Waals surface area contributed by atoms with Gasteiger partial charge in [0.1, 0.15) is 5.82 Å². The fraction of sp³-hybridized carbons (Fsp3) is 0.333. The molecule has 3 rings (SSSR count). The quantitative estimate of drug-likeness (QED) is 0.806. The van der Waals surface area contributed by atoms with Crippen molar-refractivity contribution in [2.24, 2.45) is 5.73 Å². The van der Waals surface area contributed by atoms with Gasteiger partial charge < -0.3 is 5.73 Å². The molecule has 0 bridgehead atoms. The van der Waals surface area contributed by atoms with Crippen molar-refractivity contribution in [3.63, 3.8) is 0 Å². The van der Waals surface area contributed by atoms with E-state index >= 15 is 0 Å². The van der Waals surface area contributed by atoms with Crippen molar-refractivity contribution in [2.45, 2.75) is 37.6 Å². The minimum absolute atomic E-state index is 0.158. The second-order valence-electron chi connectivity index (χ2n) is 5.95. The van der Waals surface area contributed by atoms with Crippen molar-refractivity contribution in [3.05, 3.63) is 70.0 Å². The number of hydrogen-bond acceptors (Lipinski definition) is 1. The van der Waals surface area contributed by atoms with E-state index in [1.807, 2.05) is 12.1 Å². The zero-order chi connectivity index (χ0) is 14.9. The number of hydrogen-bond donors (Lipinski definition) is 1. The van der Waals surface area contributed by atoms with Gasteiger partial charge in [0.05, 0.1) is 5.02 Å². The SMILES string of the molecule is NC1(Cc2ccc(Cl)c(F)c2)CCCCc2ccccc21. The summed E-state index contributed by atoms with van der Waals surface area (Å²) in [6.45, 7) is 0. The zero-order valence-electron chi connectivity index (χ0n) is 11.9. The van der Waals surface area contributed by atoms with Crippen molar-refractivity contribution in [1.82, 2.24) is 0 Å². The fourth-order valence-corrected chi connectivity index (χ4v) is 3.43. The lowest BCUT2D eigenvalue weighted by Crippen LogP contribution is -2.39. The summed E-state index contributed by atoms with van der Waals surface area (Å²) in [7, 11) is 0. The van der Waals surface area contributed by atoms with Crippen molar-refractivity contribution in [3.8, 4) is 0 Å². The van der Waals surface area contributed by atoms with Crippen molar-refractivity contribution in [2.75, 3.05) is 0 Å². The van der Waals surface area contributed by atoms with Gasteiger partial charge in [0, 0.05) is 5.54 Å². The largest absolute Gasteiger partial charge is 0.321 e. The third-order valence-corrected chi connectivity index (χ3v) is 4.68.